The van der Waals surface area contributed by atoms with E-state index in [0.717, 1.165) is 0 Å². The Labute approximate surface area is 157 Å². The van der Waals surface area contributed by atoms with Gasteiger partial charge in [-0.1, -0.05) is 0 Å². The second-order valence-electron chi connectivity index (χ2n) is 8.28. The molecule has 0 fully saturated rings. The van der Waals surface area contributed by atoms with E-state index in [4.69, 9.17) is 0 Å². The molecule has 0 spiro atoms. The van der Waals surface area contributed by atoms with Crippen LogP contribution in [0, 0.1) is 0 Å². The molecule has 6 nitrogen and oxygen atoms in total. The van der Waals surface area contributed by atoms with Crippen LogP contribution in [0.25, 0.3) is 0 Å². The third-order valence-corrected chi connectivity index (χ3v) is 15.7. The third kappa shape index (κ3) is 15.5. The van der Waals surface area contributed by atoms with Crippen LogP contribution in [0.5, 0.6) is 0 Å². The summed E-state index contributed by atoms with van der Waals surface area (Å²) in [5, 5.41) is 0. The van der Waals surface area contributed by atoms with Crippen molar-refractivity contribution >= 4 is 53.3 Å². The molecule has 0 radical (unpaired) electrons. The van der Waals surface area contributed by atoms with E-state index in [1.54, 1.807) is 0 Å². The van der Waals surface area contributed by atoms with Crippen LogP contribution in [0.2, 0.25) is 4.94 Å². The summed E-state index contributed by atoms with van der Waals surface area (Å²) in [6, 6.07) is 0. The second-order valence-corrected chi connectivity index (χ2v) is 20.1. The molecule has 134 valence electrons. The van der Waals surface area contributed by atoms with Crippen molar-refractivity contribution in [3.8, 4) is 0 Å². The summed E-state index contributed by atoms with van der Waals surface area (Å²) in [4.78, 5) is 2.04. The summed E-state index contributed by atoms with van der Waals surface area (Å²) >= 11 is 0.298. The van der Waals surface area contributed by atoms with Crippen molar-refractivity contribution in [2.75, 3.05) is 0 Å². The van der Waals surface area contributed by atoms with Gasteiger partial charge in [-0.3, -0.25) is 0 Å². The molecule has 10 heteroatoms. The summed E-state index contributed by atoms with van der Waals surface area (Å²) in [5.74, 6) is 0. The molecule has 0 aromatic heterocycles. The SMILES string of the molecule is CC(C)(C)N=S=[N][Sn]([CH3])([N]=S=NC(C)(C)C)[N]=S=NC(C)(C)C. The van der Waals surface area contributed by atoms with E-state index in [1.807, 2.05) is 67.3 Å². The van der Waals surface area contributed by atoms with E-state index in [1.165, 1.54) is 34.1 Å². The summed E-state index contributed by atoms with van der Waals surface area (Å²) in [6.45, 7) is 18.4. The molecule has 0 amide bonds. The molecule has 0 aliphatic heterocycles. The molecule has 0 atom stereocenters. The first-order valence-corrected chi connectivity index (χ1v) is 16.3. The van der Waals surface area contributed by atoms with Crippen LogP contribution in [-0.2, 0) is 34.1 Å². The van der Waals surface area contributed by atoms with E-state index in [9.17, 15) is 0 Å². The molecular formula is C13H30N6S3Sn. The Balaban J connectivity index is 5.76. The van der Waals surface area contributed by atoms with Crippen LogP contribution in [-0.4, -0.2) is 35.8 Å². The Morgan fingerprint density at radius 1 is 0.522 bits per heavy atom. The van der Waals surface area contributed by atoms with E-state index in [-0.39, 0.29) is 16.6 Å². The zero-order valence-electron chi connectivity index (χ0n) is 15.9. The van der Waals surface area contributed by atoms with E-state index in [2.05, 4.69) is 20.8 Å². The molecule has 0 bridgehead atoms. The first kappa shape index (κ1) is 23.3. The minimum atomic E-state index is -3.39. The van der Waals surface area contributed by atoms with Gasteiger partial charge in [0.1, 0.15) is 0 Å². The number of nitrogens with zero attached hydrogens (tertiary/aromatic N) is 6. The van der Waals surface area contributed by atoms with Gasteiger partial charge in [0.2, 0.25) is 0 Å². The summed E-state index contributed by atoms with van der Waals surface area (Å²) < 4.78 is 27.3. The molecule has 0 saturated carbocycles. The maximum absolute atomic E-state index is 4.65. The van der Waals surface area contributed by atoms with Gasteiger partial charge >= 0.3 is 158 Å². The van der Waals surface area contributed by atoms with Gasteiger partial charge in [0.25, 0.3) is 0 Å². The van der Waals surface area contributed by atoms with Crippen molar-refractivity contribution in [3.05, 3.63) is 0 Å². The van der Waals surface area contributed by atoms with Gasteiger partial charge in [-0.15, -0.1) is 0 Å². The van der Waals surface area contributed by atoms with Crippen molar-refractivity contribution in [2.45, 2.75) is 83.9 Å². The number of rotatable bonds is 3. The Morgan fingerprint density at radius 3 is 0.913 bits per heavy atom. The summed E-state index contributed by atoms with van der Waals surface area (Å²) in [6.07, 6.45) is 0. The topological polar surface area (TPSA) is 74.2 Å². The Morgan fingerprint density at radius 2 is 0.739 bits per heavy atom. The van der Waals surface area contributed by atoms with Crippen LogP contribution in [0.15, 0.2) is 20.8 Å². The number of hydrogen-bond acceptors (Lipinski definition) is 6. The molecule has 0 unspecified atom stereocenters. The average molecular weight is 485 g/mol. The molecule has 0 aliphatic rings. The first-order valence-electron chi connectivity index (χ1n) is 7.44. The number of hydrogen-bond donors (Lipinski definition) is 0. The zero-order chi connectivity index (χ0) is 18.4. The van der Waals surface area contributed by atoms with Crippen LogP contribution in [0.1, 0.15) is 62.3 Å². The Bertz CT molecular complexity index is 507. The van der Waals surface area contributed by atoms with Gasteiger partial charge in [-0.2, -0.15) is 0 Å². The predicted molar refractivity (Wildman–Crippen MR) is 108 cm³/mol. The van der Waals surface area contributed by atoms with E-state index >= 15 is 0 Å². The van der Waals surface area contributed by atoms with Gasteiger partial charge in [-0.25, -0.2) is 0 Å². The molecule has 0 aromatic carbocycles. The standard InChI is InChI=1S/3C4H9N2S.CH3.Sn/c3*1-4(2,3)6-7-5;;/h3*1-3H3;1H3;/q3*-1;;+3. The molecule has 0 aliphatic carbocycles. The van der Waals surface area contributed by atoms with Crippen molar-refractivity contribution in [1.82, 2.24) is 0 Å². The van der Waals surface area contributed by atoms with Crippen molar-refractivity contribution in [3.63, 3.8) is 0 Å². The second kappa shape index (κ2) is 9.09. The summed E-state index contributed by atoms with van der Waals surface area (Å²) in [5.41, 5.74) is -0.396. The molecule has 0 saturated heterocycles. The van der Waals surface area contributed by atoms with Crippen LogP contribution in [0.3, 0.4) is 0 Å². The van der Waals surface area contributed by atoms with Gasteiger partial charge in [0.15, 0.2) is 0 Å². The van der Waals surface area contributed by atoms with Crippen molar-refractivity contribution < 1.29 is 0 Å². The fraction of sp³-hybridized carbons (Fsp3) is 1.00. The molecule has 0 aromatic rings. The van der Waals surface area contributed by atoms with Crippen LogP contribution < -0.4 is 0 Å². The molecule has 0 heterocycles. The maximum atomic E-state index is 4.65. The predicted octanol–water partition coefficient (Wildman–Crippen LogP) is 5.30. The van der Waals surface area contributed by atoms with E-state index in [0.29, 0.717) is 0 Å². The van der Waals surface area contributed by atoms with Crippen molar-refractivity contribution in [2.24, 2.45) is 20.8 Å². The third-order valence-electron chi connectivity index (χ3n) is 1.59. The average Bonchev–Trinajstić information content (AvgIpc) is 2.22. The van der Waals surface area contributed by atoms with E-state index < -0.39 is 19.2 Å². The van der Waals surface area contributed by atoms with Gasteiger partial charge < -0.3 is 0 Å². The monoisotopic (exact) mass is 486 g/mol. The Kier molecular flexibility index (Phi) is 9.20. The fourth-order valence-corrected chi connectivity index (χ4v) is 10.0. The minimum absolute atomic E-state index is 0.132. The Hall–Kier alpha value is 0.259. The quantitative estimate of drug-likeness (QED) is 0.487. The van der Waals surface area contributed by atoms with Crippen LogP contribution in [0.4, 0.5) is 0 Å². The van der Waals surface area contributed by atoms with Crippen molar-refractivity contribution in [1.29, 1.82) is 0 Å². The molecule has 0 rings (SSSR count). The van der Waals surface area contributed by atoms with Gasteiger partial charge in [-0.05, 0) is 0 Å². The van der Waals surface area contributed by atoms with Crippen LogP contribution >= 0.6 is 0 Å². The summed E-state index contributed by atoms with van der Waals surface area (Å²) in [7, 11) is 0. The van der Waals surface area contributed by atoms with Gasteiger partial charge in [0.05, 0.1) is 0 Å². The zero-order valence-corrected chi connectivity index (χ0v) is 21.2. The molecule has 0 N–H and O–H groups in total. The van der Waals surface area contributed by atoms with Gasteiger partial charge in [0, 0.05) is 0 Å². The molecule has 23 heavy (non-hydrogen) atoms. The first-order chi connectivity index (χ1) is 10.1. The normalized spacial score (nSPS) is 14.9. The molecular weight excluding hydrogens is 455 g/mol. The fourth-order valence-electron chi connectivity index (χ4n) is 0.711.